The van der Waals surface area contributed by atoms with E-state index in [0.717, 1.165) is 11.1 Å². The number of anilines is 2. The first kappa shape index (κ1) is 20.2. The highest BCUT2D eigenvalue weighted by atomic mass is 16.5. The molecule has 162 valence electrons. The summed E-state index contributed by atoms with van der Waals surface area (Å²) in [6.07, 6.45) is 1.43. The Labute approximate surface area is 186 Å². The van der Waals surface area contributed by atoms with Crippen LogP contribution in [0.25, 0.3) is 0 Å². The van der Waals surface area contributed by atoms with Gasteiger partial charge < -0.3 is 19.9 Å². The molecule has 2 aliphatic rings. The summed E-state index contributed by atoms with van der Waals surface area (Å²) >= 11 is 0. The molecule has 1 aromatic heterocycles. The Morgan fingerprint density at radius 1 is 1.09 bits per heavy atom. The minimum Gasteiger partial charge on any atom is -0.370 e. The van der Waals surface area contributed by atoms with Gasteiger partial charge in [-0.15, -0.1) is 0 Å². The van der Waals surface area contributed by atoms with Crippen LogP contribution in [0.2, 0.25) is 0 Å². The lowest BCUT2D eigenvalue weighted by Gasteiger charge is -2.34. The molecular weight excluding hydrogens is 404 g/mol. The first-order valence-corrected chi connectivity index (χ1v) is 10.7. The normalized spacial score (nSPS) is 18.1. The molecule has 1 fully saturated rings. The van der Waals surface area contributed by atoms with Crippen LogP contribution in [-0.4, -0.2) is 47.9 Å². The standard InChI is InChI=1S/C25H24N4O3/c30-23-15-27-24-21(29(23)16-18-7-3-1-4-8-18)13-20(14-26-24)25(31)28-11-12-32-22(17-28)19-9-5-2-6-10-19/h1-10,13-14,22H,11-12,15-17H2,(H,26,27). The number of nitrogens with zero attached hydrogens (tertiary/aromatic N) is 3. The molecule has 2 aromatic carbocycles. The molecule has 7 heteroatoms. The summed E-state index contributed by atoms with van der Waals surface area (Å²) in [5.74, 6) is 0.451. The van der Waals surface area contributed by atoms with Gasteiger partial charge >= 0.3 is 0 Å². The van der Waals surface area contributed by atoms with E-state index in [4.69, 9.17) is 4.74 Å². The predicted molar refractivity (Wildman–Crippen MR) is 121 cm³/mol. The van der Waals surface area contributed by atoms with Gasteiger partial charge in [-0.3, -0.25) is 9.59 Å². The molecule has 32 heavy (non-hydrogen) atoms. The molecule has 1 atom stereocenters. The number of amides is 2. The Kier molecular flexibility index (Phi) is 5.56. The molecule has 1 N–H and O–H groups in total. The van der Waals surface area contributed by atoms with Crippen molar-refractivity contribution in [2.24, 2.45) is 0 Å². The quantitative estimate of drug-likeness (QED) is 0.691. The number of carbonyl (C=O) groups is 2. The summed E-state index contributed by atoms with van der Waals surface area (Å²) in [7, 11) is 0. The van der Waals surface area contributed by atoms with Crippen molar-refractivity contribution in [3.8, 4) is 0 Å². The minimum absolute atomic E-state index is 0.0525. The van der Waals surface area contributed by atoms with Crippen LogP contribution in [0.15, 0.2) is 72.9 Å². The highest BCUT2D eigenvalue weighted by Crippen LogP contribution is 2.31. The number of nitrogens with one attached hydrogen (secondary N) is 1. The van der Waals surface area contributed by atoms with Crippen molar-refractivity contribution >= 4 is 23.3 Å². The van der Waals surface area contributed by atoms with Gasteiger partial charge in [0.25, 0.3) is 5.91 Å². The van der Waals surface area contributed by atoms with Gasteiger partial charge in [-0.05, 0) is 17.2 Å². The Hall–Kier alpha value is -3.71. The Morgan fingerprint density at radius 2 is 1.84 bits per heavy atom. The largest absolute Gasteiger partial charge is 0.370 e. The molecule has 7 nitrogen and oxygen atoms in total. The average molecular weight is 428 g/mol. The van der Waals surface area contributed by atoms with Gasteiger partial charge in [0.05, 0.1) is 37.5 Å². The van der Waals surface area contributed by atoms with E-state index in [1.807, 2.05) is 60.7 Å². The van der Waals surface area contributed by atoms with Crippen LogP contribution < -0.4 is 10.2 Å². The summed E-state index contributed by atoms with van der Waals surface area (Å²) in [5, 5.41) is 3.06. The van der Waals surface area contributed by atoms with Crippen molar-refractivity contribution < 1.29 is 14.3 Å². The summed E-state index contributed by atoms with van der Waals surface area (Å²) < 4.78 is 5.90. The molecule has 1 unspecified atom stereocenters. The number of pyridine rings is 1. The summed E-state index contributed by atoms with van der Waals surface area (Å²) in [6, 6.07) is 21.5. The van der Waals surface area contributed by atoms with Crippen molar-refractivity contribution in [1.29, 1.82) is 0 Å². The van der Waals surface area contributed by atoms with E-state index in [1.54, 1.807) is 22.1 Å². The van der Waals surface area contributed by atoms with Crippen LogP contribution in [0.4, 0.5) is 11.5 Å². The third-order valence-electron chi connectivity index (χ3n) is 5.82. The van der Waals surface area contributed by atoms with Gasteiger partial charge in [-0.25, -0.2) is 4.98 Å². The summed E-state index contributed by atoms with van der Waals surface area (Å²) in [4.78, 5) is 33.9. The third kappa shape index (κ3) is 4.07. The number of fused-ring (bicyclic) bond motifs is 1. The monoisotopic (exact) mass is 428 g/mol. The number of hydrogen-bond acceptors (Lipinski definition) is 5. The Bertz CT molecular complexity index is 1120. The first-order valence-electron chi connectivity index (χ1n) is 10.7. The molecule has 5 rings (SSSR count). The molecule has 1 saturated heterocycles. The van der Waals surface area contributed by atoms with E-state index in [9.17, 15) is 9.59 Å². The van der Waals surface area contributed by atoms with Crippen molar-refractivity contribution in [3.05, 3.63) is 89.6 Å². The zero-order valence-electron chi connectivity index (χ0n) is 17.6. The number of morpholine rings is 1. The first-order chi connectivity index (χ1) is 15.7. The average Bonchev–Trinajstić information content (AvgIpc) is 2.86. The van der Waals surface area contributed by atoms with Gasteiger partial charge in [-0.1, -0.05) is 60.7 Å². The van der Waals surface area contributed by atoms with Gasteiger partial charge in [0.1, 0.15) is 6.10 Å². The maximum atomic E-state index is 13.3. The van der Waals surface area contributed by atoms with Crippen LogP contribution >= 0.6 is 0 Å². The minimum atomic E-state index is -0.155. The maximum Gasteiger partial charge on any atom is 0.255 e. The van der Waals surface area contributed by atoms with Gasteiger partial charge in [0.15, 0.2) is 5.82 Å². The van der Waals surface area contributed by atoms with Crippen molar-refractivity contribution in [3.63, 3.8) is 0 Å². The second-order valence-corrected chi connectivity index (χ2v) is 7.93. The summed E-state index contributed by atoms with van der Waals surface area (Å²) in [5.41, 5.74) is 3.16. The third-order valence-corrected chi connectivity index (χ3v) is 5.82. The second kappa shape index (κ2) is 8.80. The molecule has 0 bridgehead atoms. The number of aromatic nitrogens is 1. The molecule has 2 amide bonds. The zero-order chi connectivity index (χ0) is 21.9. The molecule has 0 aliphatic carbocycles. The van der Waals surface area contributed by atoms with Crippen LogP contribution in [-0.2, 0) is 16.1 Å². The molecule has 0 radical (unpaired) electrons. The Balaban J connectivity index is 1.39. The lowest BCUT2D eigenvalue weighted by molar-refractivity contribution is -0.117. The van der Waals surface area contributed by atoms with Gasteiger partial charge in [-0.2, -0.15) is 0 Å². The smallest absolute Gasteiger partial charge is 0.255 e. The highest BCUT2D eigenvalue weighted by molar-refractivity contribution is 6.04. The molecule has 3 heterocycles. The van der Waals surface area contributed by atoms with E-state index < -0.39 is 0 Å². The van der Waals surface area contributed by atoms with Gasteiger partial charge in [0, 0.05) is 12.7 Å². The number of carbonyl (C=O) groups excluding carboxylic acids is 2. The van der Waals surface area contributed by atoms with Crippen LogP contribution in [0, 0.1) is 0 Å². The van der Waals surface area contributed by atoms with E-state index >= 15 is 0 Å². The van der Waals surface area contributed by atoms with Crippen LogP contribution in [0.3, 0.4) is 0 Å². The molecule has 2 aliphatic heterocycles. The van der Waals surface area contributed by atoms with E-state index in [0.29, 0.717) is 43.3 Å². The second-order valence-electron chi connectivity index (χ2n) is 7.93. The molecule has 0 saturated carbocycles. The summed E-state index contributed by atoms with van der Waals surface area (Å²) in [6.45, 7) is 2.09. The fourth-order valence-electron chi connectivity index (χ4n) is 4.13. The van der Waals surface area contributed by atoms with Crippen molar-refractivity contribution in [2.75, 3.05) is 36.5 Å². The van der Waals surface area contributed by atoms with E-state index in [-0.39, 0.29) is 24.5 Å². The topological polar surface area (TPSA) is 74.8 Å². The lowest BCUT2D eigenvalue weighted by Crippen LogP contribution is -2.43. The number of benzene rings is 2. The van der Waals surface area contributed by atoms with E-state index in [1.165, 1.54) is 0 Å². The predicted octanol–water partition coefficient (Wildman–Crippen LogP) is 3.25. The fourth-order valence-corrected chi connectivity index (χ4v) is 4.13. The van der Waals surface area contributed by atoms with Crippen molar-refractivity contribution in [1.82, 2.24) is 9.88 Å². The number of hydrogen-bond donors (Lipinski definition) is 1. The molecule has 0 spiro atoms. The SMILES string of the molecule is O=C(c1cnc2c(c1)N(Cc1ccccc1)C(=O)CN2)N1CCOC(c2ccccc2)C1. The number of ether oxygens (including phenoxy) is 1. The van der Waals surface area contributed by atoms with Gasteiger partial charge in [0.2, 0.25) is 5.91 Å². The molecule has 3 aromatic rings. The number of rotatable bonds is 4. The van der Waals surface area contributed by atoms with E-state index in [2.05, 4.69) is 10.3 Å². The fraction of sp³-hybridized carbons (Fsp3) is 0.240. The lowest BCUT2D eigenvalue weighted by atomic mass is 10.1. The van der Waals surface area contributed by atoms with Crippen molar-refractivity contribution in [2.45, 2.75) is 12.6 Å². The zero-order valence-corrected chi connectivity index (χ0v) is 17.6. The van der Waals surface area contributed by atoms with Crippen LogP contribution in [0.5, 0.6) is 0 Å². The Morgan fingerprint density at radius 3 is 2.62 bits per heavy atom. The molecular formula is C25H24N4O3. The highest BCUT2D eigenvalue weighted by Gasteiger charge is 2.29. The van der Waals surface area contributed by atoms with Crippen LogP contribution in [0.1, 0.15) is 27.6 Å². The maximum absolute atomic E-state index is 13.3.